The molecule has 0 aliphatic carbocycles. The van der Waals surface area contributed by atoms with Crippen molar-refractivity contribution < 1.29 is 32.2 Å². The van der Waals surface area contributed by atoms with Crippen LogP contribution in [0.1, 0.15) is 38.3 Å². The van der Waals surface area contributed by atoms with E-state index in [1.807, 2.05) is 13.8 Å². The first kappa shape index (κ1) is 21.4. The number of halogens is 3. The maximum Gasteiger partial charge on any atom is 0.416 e. The first-order chi connectivity index (χ1) is 12.6. The molecule has 1 amide bonds. The van der Waals surface area contributed by atoms with Crippen LogP contribution in [0.3, 0.4) is 0 Å². The number of nitrogens with one attached hydrogen (secondary N) is 1. The summed E-state index contributed by atoms with van der Waals surface area (Å²) < 4.78 is 48.7. The minimum Gasteiger partial charge on any atom is -0.368 e. The van der Waals surface area contributed by atoms with Crippen LogP contribution in [0.25, 0.3) is 0 Å². The molecule has 0 radical (unpaired) electrons. The molecule has 0 aromatic heterocycles. The van der Waals surface area contributed by atoms with Crippen LogP contribution in [-0.4, -0.2) is 36.5 Å². The van der Waals surface area contributed by atoms with Crippen molar-refractivity contribution in [3.05, 3.63) is 35.4 Å². The average Bonchev–Trinajstić information content (AvgIpc) is 2.89. The summed E-state index contributed by atoms with van der Waals surface area (Å²) in [4.78, 5) is 24.3. The number of carbonyl (C=O) groups excluding carboxylic acids is 2. The van der Waals surface area contributed by atoms with Crippen LogP contribution in [0.15, 0.2) is 24.3 Å². The second kappa shape index (κ2) is 8.84. The summed E-state index contributed by atoms with van der Waals surface area (Å²) >= 11 is 0. The van der Waals surface area contributed by atoms with Gasteiger partial charge in [-0.1, -0.05) is 26.0 Å². The lowest BCUT2D eigenvalue weighted by molar-refractivity contribution is -0.137. The Morgan fingerprint density at radius 1 is 1.30 bits per heavy atom. The number of hydrogen-bond donors (Lipinski definition) is 1. The van der Waals surface area contributed by atoms with Gasteiger partial charge in [0, 0.05) is 0 Å². The zero-order valence-corrected chi connectivity index (χ0v) is 15.5. The van der Waals surface area contributed by atoms with Crippen LogP contribution < -0.4 is 5.32 Å². The quantitative estimate of drug-likeness (QED) is 0.781. The number of Topliss-reactive ketones (excluding diaryl/α,β-unsaturated/α-hetero) is 1. The van der Waals surface area contributed by atoms with Gasteiger partial charge in [-0.2, -0.15) is 13.2 Å². The number of hydrogen-bond acceptors (Lipinski definition) is 4. The van der Waals surface area contributed by atoms with Crippen LogP contribution >= 0.6 is 0 Å². The average molecular weight is 387 g/mol. The van der Waals surface area contributed by atoms with E-state index >= 15 is 0 Å². The van der Waals surface area contributed by atoms with Crippen LogP contribution in [0.2, 0.25) is 0 Å². The number of ketones is 1. The molecule has 1 heterocycles. The Kier molecular flexibility index (Phi) is 7.00. The minimum absolute atomic E-state index is 0.00634. The van der Waals surface area contributed by atoms with Crippen molar-refractivity contribution in [1.29, 1.82) is 0 Å². The van der Waals surface area contributed by atoms with Crippen LogP contribution in [-0.2, 0) is 31.8 Å². The van der Waals surface area contributed by atoms with E-state index in [-0.39, 0.29) is 24.9 Å². The summed E-state index contributed by atoms with van der Waals surface area (Å²) in [5.41, 5.74) is -0.213. The fourth-order valence-corrected chi connectivity index (χ4v) is 2.77. The van der Waals surface area contributed by atoms with Gasteiger partial charge >= 0.3 is 6.18 Å². The molecule has 0 saturated carbocycles. The maximum absolute atomic E-state index is 12.6. The molecule has 1 aromatic rings. The summed E-state index contributed by atoms with van der Waals surface area (Å²) in [6.07, 6.45) is -5.20. The van der Waals surface area contributed by atoms with Gasteiger partial charge in [0.25, 0.3) is 0 Å². The zero-order chi connectivity index (χ0) is 20.2. The van der Waals surface area contributed by atoms with E-state index in [4.69, 9.17) is 9.47 Å². The van der Waals surface area contributed by atoms with Crippen molar-refractivity contribution in [2.75, 3.05) is 6.61 Å². The fourth-order valence-electron chi connectivity index (χ4n) is 2.77. The summed E-state index contributed by atoms with van der Waals surface area (Å²) in [6, 6.07) is 3.90. The van der Waals surface area contributed by atoms with Gasteiger partial charge in [-0.15, -0.1) is 0 Å². The Bertz CT molecular complexity index is 658. The molecule has 1 fully saturated rings. The van der Waals surface area contributed by atoms with Gasteiger partial charge in [-0.3, -0.25) is 9.59 Å². The molecule has 150 valence electrons. The number of amides is 1. The predicted octanol–water partition coefficient (Wildman–Crippen LogP) is 3.11. The number of carbonyl (C=O) groups is 2. The molecule has 2 rings (SSSR count). The molecular weight excluding hydrogens is 363 g/mol. The fraction of sp³-hybridized carbons (Fsp3) is 0.579. The van der Waals surface area contributed by atoms with Gasteiger partial charge in [-0.05, 0) is 37.0 Å². The molecule has 3 atom stereocenters. The van der Waals surface area contributed by atoms with Crippen LogP contribution in [0, 0.1) is 5.92 Å². The lowest BCUT2D eigenvalue weighted by Gasteiger charge is -2.22. The first-order valence-corrected chi connectivity index (χ1v) is 8.80. The first-order valence-electron chi connectivity index (χ1n) is 8.80. The van der Waals surface area contributed by atoms with Gasteiger partial charge in [0.1, 0.15) is 18.8 Å². The third-order valence-corrected chi connectivity index (χ3v) is 4.31. The Balaban J connectivity index is 1.99. The van der Waals surface area contributed by atoms with E-state index in [0.29, 0.717) is 12.0 Å². The number of rotatable bonds is 7. The van der Waals surface area contributed by atoms with Gasteiger partial charge in [0.15, 0.2) is 5.78 Å². The van der Waals surface area contributed by atoms with Crippen molar-refractivity contribution in [2.45, 2.75) is 58.2 Å². The summed E-state index contributed by atoms with van der Waals surface area (Å²) in [7, 11) is 0. The van der Waals surface area contributed by atoms with Crippen LogP contribution in [0.4, 0.5) is 13.2 Å². The van der Waals surface area contributed by atoms with E-state index in [1.54, 1.807) is 6.92 Å². The zero-order valence-electron chi connectivity index (χ0n) is 15.5. The molecule has 1 N–H and O–H groups in total. The van der Waals surface area contributed by atoms with Crippen molar-refractivity contribution in [3.8, 4) is 0 Å². The van der Waals surface area contributed by atoms with Crippen molar-refractivity contribution in [2.24, 2.45) is 5.92 Å². The molecular formula is C19H24F3NO4. The lowest BCUT2D eigenvalue weighted by atomic mass is 10.0. The van der Waals surface area contributed by atoms with E-state index < -0.39 is 35.9 Å². The molecule has 8 heteroatoms. The van der Waals surface area contributed by atoms with E-state index in [9.17, 15) is 22.8 Å². The molecule has 27 heavy (non-hydrogen) atoms. The molecule has 5 nitrogen and oxygen atoms in total. The summed E-state index contributed by atoms with van der Waals surface area (Å²) in [6.45, 7) is 5.51. The Labute approximate surface area is 156 Å². The summed E-state index contributed by atoms with van der Waals surface area (Å²) in [5, 5.41) is 2.66. The number of ether oxygens (including phenoxy) is 2. The molecule has 1 aromatic carbocycles. The molecule has 1 aliphatic rings. The number of benzene rings is 1. The highest BCUT2D eigenvalue weighted by molar-refractivity contribution is 5.92. The topological polar surface area (TPSA) is 64.6 Å². The highest BCUT2D eigenvalue weighted by Gasteiger charge is 2.35. The molecule has 1 unspecified atom stereocenters. The molecule has 1 saturated heterocycles. The van der Waals surface area contributed by atoms with E-state index in [1.165, 1.54) is 12.1 Å². The molecule has 0 spiro atoms. The SMILES string of the molecule is CC(C)C[C@@H](OCc1ccc(C(F)(F)F)cc1)C(=O)N[C@@H]1C(=O)COC1C. The Morgan fingerprint density at radius 2 is 1.93 bits per heavy atom. The monoisotopic (exact) mass is 387 g/mol. The van der Waals surface area contributed by atoms with E-state index in [2.05, 4.69) is 5.32 Å². The second-order valence-electron chi connectivity index (χ2n) is 7.09. The highest BCUT2D eigenvalue weighted by atomic mass is 19.4. The largest absolute Gasteiger partial charge is 0.416 e. The van der Waals surface area contributed by atoms with Crippen molar-refractivity contribution in [3.63, 3.8) is 0 Å². The van der Waals surface area contributed by atoms with E-state index in [0.717, 1.165) is 12.1 Å². The van der Waals surface area contributed by atoms with Gasteiger partial charge in [0.05, 0.1) is 18.3 Å². The second-order valence-corrected chi connectivity index (χ2v) is 7.09. The normalized spacial score (nSPS) is 21.5. The summed E-state index contributed by atoms with van der Waals surface area (Å²) in [5.74, 6) is -0.463. The minimum atomic E-state index is -4.40. The predicted molar refractivity (Wildman–Crippen MR) is 91.8 cm³/mol. The molecule has 1 aliphatic heterocycles. The van der Waals surface area contributed by atoms with Gasteiger partial charge in [-0.25, -0.2) is 0 Å². The smallest absolute Gasteiger partial charge is 0.368 e. The van der Waals surface area contributed by atoms with Crippen molar-refractivity contribution in [1.82, 2.24) is 5.32 Å². The Hall–Kier alpha value is -1.93. The van der Waals surface area contributed by atoms with Gasteiger partial charge in [0.2, 0.25) is 5.91 Å². The third-order valence-electron chi connectivity index (χ3n) is 4.31. The molecule has 0 bridgehead atoms. The maximum atomic E-state index is 12.6. The van der Waals surface area contributed by atoms with Crippen molar-refractivity contribution >= 4 is 11.7 Å². The van der Waals surface area contributed by atoms with Crippen LogP contribution in [0.5, 0.6) is 0 Å². The third kappa shape index (κ3) is 6.04. The lowest BCUT2D eigenvalue weighted by Crippen LogP contribution is -2.48. The Morgan fingerprint density at radius 3 is 2.41 bits per heavy atom. The number of alkyl halides is 3. The highest BCUT2D eigenvalue weighted by Crippen LogP contribution is 2.29. The van der Waals surface area contributed by atoms with Gasteiger partial charge < -0.3 is 14.8 Å². The standard InChI is InChI=1S/C19H24F3NO4/c1-11(2)8-16(18(25)23-17-12(3)26-10-15(17)24)27-9-13-4-6-14(7-5-13)19(20,21)22/h4-7,11-12,16-17H,8-10H2,1-3H3,(H,23,25)/t12?,16-,17+/m1/s1.